The summed E-state index contributed by atoms with van der Waals surface area (Å²) in [5, 5.41) is 9.77. The van der Waals surface area contributed by atoms with Gasteiger partial charge in [-0.3, -0.25) is 4.79 Å². The van der Waals surface area contributed by atoms with Crippen molar-refractivity contribution < 1.29 is 9.90 Å². The van der Waals surface area contributed by atoms with Crippen molar-refractivity contribution in [3.63, 3.8) is 0 Å². The number of aryl methyl sites for hydroxylation is 1. The first-order chi connectivity index (χ1) is 12.4. The Morgan fingerprint density at radius 2 is 2.04 bits per heavy atom. The minimum Gasteiger partial charge on any atom is -0.477 e. The maximum atomic E-state index is 12.6. The number of rotatable bonds is 3. The molecule has 0 radical (unpaired) electrons. The fraction of sp³-hybridized carbons (Fsp3) is 0.211. The third-order valence-electron chi connectivity index (χ3n) is 4.88. The van der Waals surface area contributed by atoms with E-state index in [1.54, 1.807) is 24.4 Å². The molecule has 1 aliphatic rings. The molecular weight excluding hydrogens is 332 g/mol. The molecule has 1 saturated carbocycles. The van der Waals surface area contributed by atoms with Gasteiger partial charge in [0.1, 0.15) is 11.4 Å². The van der Waals surface area contributed by atoms with Gasteiger partial charge in [0.25, 0.3) is 0 Å². The van der Waals surface area contributed by atoms with Crippen molar-refractivity contribution in [2.45, 2.75) is 25.8 Å². The van der Waals surface area contributed by atoms with Crippen molar-refractivity contribution >= 4 is 28.4 Å². The second-order valence-electron chi connectivity index (χ2n) is 6.65. The number of hydrogen-bond donors (Lipinski definition) is 3. The summed E-state index contributed by atoms with van der Waals surface area (Å²) in [6, 6.07) is 5.45. The van der Waals surface area contributed by atoms with Crippen molar-refractivity contribution in [2.24, 2.45) is 0 Å². The number of anilines is 2. The third kappa shape index (κ3) is 2.40. The topological polar surface area (TPSA) is 124 Å². The Balaban J connectivity index is 2.05. The Hall–Kier alpha value is -3.35. The molecule has 0 atom stereocenters. The Morgan fingerprint density at radius 1 is 1.31 bits per heavy atom. The second kappa shape index (κ2) is 5.59. The summed E-state index contributed by atoms with van der Waals surface area (Å²) in [4.78, 5) is 28.2. The number of pyridine rings is 2. The van der Waals surface area contributed by atoms with Crippen LogP contribution in [0, 0.1) is 6.92 Å². The van der Waals surface area contributed by atoms with Crippen LogP contribution in [0.5, 0.6) is 0 Å². The fourth-order valence-electron chi connectivity index (χ4n) is 3.37. The summed E-state index contributed by atoms with van der Waals surface area (Å²) < 4.78 is 1.92. The zero-order chi connectivity index (χ0) is 18.6. The zero-order valence-electron chi connectivity index (χ0n) is 14.2. The van der Waals surface area contributed by atoms with Crippen molar-refractivity contribution in [3.05, 3.63) is 51.9 Å². The van der Waals surface area contributed by atoms with Crippen LogP contribution in [0.4, 0.5) is 11.5 Å². The molecule has 1 fully saturated rings. The van der Waals surface area contributed by atoms with E-state index in [1.807, 2.05) is 11.5 Å². The van der Waals surface area contributed by atoms with Crippen LogP contribution in [0.3, 0.4) is 0 Å². The van der Waals surface area contributed by atoms with Gasteiger partial charge in [0.05, 0.1) is 11.2 Å². The molecule has 7 heteroatoms. The first-order valence-electron chi connectivity index (χ1n) is 8.31. The van der Waals surface area contributed by atoms with Crippen molar-refractivity contribution in [3.8, 4) is 11.1 Å². The van der Waals surface area contributed by atoms with E-state index >= 15 is 0 Å². The molecule has 132 valence electrons. The van der Waals surface area contributed by atoms with Crippen LogP contribution in [-0.4, -0.2) is 20.6 Å². The van der Waals surface area contributed by atoms with Gasteiger partial charge in [0, 0.05) is 29.4 Å². The van der Waals surface area contributed by atoms with Gasteiger partial charge in [-0.25, -0.2) is 9.78 Å². The van der Waals surface area contributed by atoms with E-state index in [2.05, 4.69) is 4.98 Å². The summed E-state index contributed by atoms with van der Waals surface area (Å²) in [7, 11) is 0. The largest absolute Gasteiger partial charge is 0.477 e. The van der Waals surface area contributed by atoms with Gasteiger partial charge in [0.15, 0.2) is 0 Å². The number of aromatic carboxylic acids is 1. The van der Waals surface area contributed by atoms with E-state index in [9.17, 15) is 14.7 Å². The summed E-state index contributed by atoms with van der Waals surface area (Å²) in [6.07, 6.45) is 5.05. The predicted octanol–water partition coefficient (Wildman–Crippen LogP) is 2.57. The lowest BCUT2D eigenvalue weighted by Gasteiger charge is -2.16. The molecule has 0 saturated heterocycles. The molecule has 2 aromatic heterocycles. The molecule has 26 heavy (non-hydrogen) atoms. The van der Waals surface area contributed by atoms with Gasteiger partial charge >= 0.3 is 5.97 Å². The van der Waals surface area contributed by atoms with Crippen molar-refractivity contribution in [2.75, 3.05) is 11.5 Å². The lowest BCUT2D eigenvalue weighted by molar-refractivity contribution is 0.0695. The number of benzene rings is 1. The van der Waals surface area contributed by atoms with E-state index in [-0.39, 0.29) is 17.4 Å². The minimum absolute atomic E-state index is 0.199. The quantitative estimate of drug-likeness (QED) is 0.667. The highest BCUT2D eigenvalue weighted by Crippen LogP contribution is 2.39. The Labute approximate surface area is 148 Å². The van der Waals surface area contributed by atoms with Gasteiger partial charge < -0.3 is 21.1 Å². The van der Waals surface area contributed by atoms with Crippen LogP contribution in [-0.2, 0) is 0 Å². The highest BCUT2D eigenvalue weighted by molar-refractivity contribution is 5.95. The molecule has 1 aromatic carbocycles. The molecule has 0 amide bonds. The van der Waals surface area contributed by atoms with Gasteiger partial charge in [-0.2, -0.15) is 0 Å². The molecule has 0 spiro atoms. The van der Waals surface area contributed by atoms with Gasteiger partial charge in [-0.15, -0.1) is 0 Å². The van der Waals surface area contributed by atoms with Crippen LogP contribution < -0.4 is 16.9 Å². The Kier molecular flexibility index (Phi) is 3.47. The molecule has 0 bridgehead atoms. The monoisotopic (exact) mass is 350 g/mol. The summed E-state index contributed by atoms with van der Waals surface area (Å²) in [6.45, 7) is 1.92. The number of hydrogen-bond acceptors (Lipinski definition) is 5. The van der Waals surface area contributed by atoms with Crippen LogP contribution >= 0.6 is 0 Å². The molecule has 2 heterocycles. The molecule has 5 N–H and O–H groups in total. The maximum Gasteiger partial charge on any atom is 0.341 e. The number of nitrogen functional groups attached to an aromatic ring is 2. The lowest BCUT2D eigenvalue weighted by Crippen LogP contribution is -2.19. The standard InChI is InChI=1S/C19H18N4O3/c1-9-12(10-6-15(20)18(21)22-7-10)4-5-13-16(9)23(11-2-3-11)8-14(17(13)24)19(25)26/h4-8,11H,2-3,20H2,1H3,(H2,21,22)(H,25,26). The van der Waals surface area contributed by atoms with Crippen LogP contribution in [0.25, 0.3) is 22.0 Å². The molecule has 0 unspecified atom stereocenters. The highest BCUT2D eigenvalue weighted by atomic mass is 16.4. The van der Waals surface area contributed by atoms with Crippen LogP contribution in [0.1, 0.15) is 34.8 Å². The first kappa shape index (κ1) is 16.1. The molecular formula is C19H18N4O3. The molecule has 4 rings (SSSR count). The fourth-order valence-corrected chi connectivity index (χ4v) is 3.37. The summed E-state index contributed by atoms with van der Waals surface area (Å²) >= 11 is 0. The van der Waals surface area contributed by atoms with Gasteiger partial charge in [0.2, 0.25) is 5.43 Å². The number of nitrogens with two attached hydrogens (primary N) is 2. The van der Waals surface area contributed by atoms with Crippen molar-refractivity contribution in [1.29, 1.82) is 0 Å². The molecule has 7 nitrogen and oxygen atoms in total. The van der Waals surface area contributed by atoms with Gasteiger partial charge in [-0.05, 0) is 43.0 Å². The van der Waals surface area contributed by atoms with E-state index < -0.39 is 11.4 Å². The number of carboxylic acids is 1. The van der Waals surface area contributed by atoms with Crippen molar-refractivity contribution in [1.82, 2.24) is 9.55 Å². The average molecular weight is 350 g/mol. The SMILES string of the molecule is Cc1c(-c2cnc(N)c(N)c2)ccc2c(=O)c(C(=O)O)cn(C3CC3)c12. The average Bonchev–Trinajstić information content (AvgIpc) is 3.43. The van der Waals surface area contributed by atoms with Crippen LogP contribution in [0.15, 0.2) is 35.4 Å². The molecule has 0 aliphatic heterocycles. The third-order valence-corrected chi connectivity index (χ3v) is 4.88. The number of aromatic nitrogens is 2. The van der Waals surface area contributed by atoms with Crippen LogP contribution in [0.2, 0.25) is 0 Å². The number of carboxylic acid groups (broad SMARTS) is 1. The Bertz CT molecular complexity index is 1130. The number of carbonyl (C=O) groups is 1. The number of fused-ring (bicyclic) bond motifs is 1. The lowest BCUT2D eigenvalue weighted by atomic mass is 9.97. The first-order valence-corrected chi connectivity index (χ1v) is 8.31. The summed E-state index contributed by atoms with van der Waals surface area (Å²) in [5.41, 5.74) is 14.6. The maximum absolute atomic E-state index is 12.6. The summed E-state index contributed by atoms with van der Waals surface area (Å²) in [5.74, 6) is -0.934. The molecule has 1 aliphatic carbocycles. The van der Waals surface area contributed by atoms with E-state index in [0.29, 0.717) is 11.1 Å². The van der Waals surface area contributed by atoms with E-state index in [4.69, 9.17) is 11.5 Å². The molecule has 3 aromatic rings. The minimum atomic E-state index is -1.21. The normalized spacial score (nSPS) is 13.9. The van der Waals surface area contributed by atoms with E-state index in [0.717, 1.165) is 35.0 Å². The highest BCUT2D eigenvalue weighted by Gasteiger charge is 2.28. The zero-order valence-corrected chi connectivity index (χ0v) is 14.2. The second-order valence-corrected chi connectivity index (χ2v) is 6.65. The smallest absolute Gasteiger partial charge is 0.341 e. The van der Waals surface area contributed by atoms with E-state index in [1.165, 1.54) is 6.20 Å². The number of nitrogens with zero attached hydrogens (tertiary/aromatic N) is 2. The predicted molar refractivity (Wildman–Crippen MR) is 100 cm³/mol. The van der Waals surface area contributed by atoms with Gasteiger partial charge in [-0.1, -0.05) is 6.07 Å². The Morgan fingerprint density at radius 3 is 2.65 bits per heavy atom.